The molecule has 0 amide bonds. The lowest BCUT2D eigenvalue weighted by atomic mass is 10.3. The number of halogens is 1. The Bertz CT molecular complexity index is 410. The lowest BCUT2D eigenvalue weighted by molar-refractivity contribution is 0.918. The van der Waals surface area contributed by atoms with E-state index in [4.69, 9.17) is 11.6 Å². The van der Waals surface area contributed by atoms with Gasteiger partial charge in [-0.15, -0.1) is 11.6 Å². The van der Waals surface area contributed by atoms with Crippen molar-refractivity contribution in [1.82, 2.24) is 20.2 Å². The third-order valence-corrected chi connectivity index (χ3v) is 2.01. The zero-order valence-corrected chi connectivity index (χ0v) is 8.36. The van der Waals surface area contributed by atoms with Crippen molar-refractivity contribution >= 4 is 11.6 Å². The van der Waals surface area contributed by atoms with E-state index in [2.05, 4.69) is 20.2 Å². The van der Waals surface area contributed by atoms with Crippen LogP contribution in [0.3, 0.4) is 0 Å². The molecule has 2 heterocycles. The predicted molar refractivity (Wildman–Crippen MR) is 53.9 cm³/mol. The molecule has 0 aliphatic carbocycles. The quantitative estimate of drug-likeness (QED) is 0.770. The third-order valence-electron chi connectivity index (χ3n) is 1.80. The molecular formula is C9H9ClN4. The summed E-state index contributed by atoms with van der Waals surface area (Å²) < 4.78 is 0. The van der Waals surface area contributed by atoms with Gasteiger partial charge in [-0.1, -0.05) is 0 Å². The average Bonchev–Trinajstić information content (AvgIpc) is 2.68. The number of nitrogens with one attached hydrogen (secondary N) is 1. The minimum atomic E-state index is -0.159. The van der Waals surface area contributed by atoms with Crippen LogP contribution < -0.4 is 0 Å². The molecule has 0 saturated heterocycles. The summed E-state index contributed by atoms with van der Waals surface area (Å²) >= 11 is 5.85. The molecule has 0 saturated carbocycles. The van der Waals surface area contributed by atoms with E-state index in [1.54, 1.807) is 12.4 Å². The lowest BCUT2D eigenvalue weighted by Gasteiger charge is -1.93. The van der Waals surface area contributed by atoms with Crippen LogP contribution in [0.4, 0.5) is 0 Å². The normalized spacial score (nSPS) is 12.7. The first-order valence-corrected chi connectivity index (χ1v) is 4.68. The van der Waals surface area contributed by atoms with Gasteiger partial charge in [0, 0.05) is 18.0 Å². The third kappa shape index (κ3) is 1.75. The van der Waals surface area contributed by atoms with Gasteiger partial charge in [-0.3, -0.25) is 10.1 Å². The van der Waals surface area contributed by atoms with Gasteiger partial charge < -0.3 is 0 Å². The van der Waals surface area contributed by atoms with E-state index < -0.39 is 0 Å². The second-order valence-corrected chi connectivity index (χ2v) is 3.56. The monoisotopic (exact) mass is 208 g/mol. The van der Waals surface area contributed by atoms with Crippen molar-refractivity contribution in [2.75, 3.05) is 0 Å². The van der Waals surface area contributed by atoms with Crippen molar-refractivity contribution in [3.8, 4) is 11.4 Å². The van der Waals surface area contributed by atoms with Gasteiger partial charge in [0.15, 0.2) is 5.82 Å². The van der Waals surface area contributed by atoms with Crippen LogP contribution >= 0.6 is 11.6 Å². The van der Waals surface area contributed by atoms with Gasteiger partial charge in [-0.2, -0.15) is 5.10 Å². The number of alkyl halides is 1. The van der Waals surface area contributed by atoms with Crippen LogP contribution in [0.1, 0.15) is 18.1 Å². The molecule has 4 nitrogen and oxygen atoms in total. The maximum atomic E-state index is 5.85. The Morgan fingerprint density at radius 1 is 1.50 bits per heavy atom. The van der Waals surface area contributed by atoms with E-state index in [9.17, 15) is 0 Å². The zero-order chi connectivity index (χ0) is 9.97. The molecule has 0 aliphatic heterocycles. The summed E-state index contributed by atoms with van der Waals surface area (Å²) in [5.74, 6) is 1.30. The molecule has 0 spiro atoms. The van der Waals surface area contributed by atoms with Crippen LogP contribution in [0.15, 0.2) is 24.5 Å². The van der Waals surface area contributed by atoms with Gasteiger partial charge in [0.25, 0.3) is 0 Å². The van der Waals surface area contributed by atoms with Gasteiger partial charge in [0.05, 0.1) is 5.38 Å². The highest BCUT2D eigenvalue weighted by Gasteiger charge is 2.09. The van der Waals surface area contributed by atoms with E-state index in [0.29, 0.717) is 11.6 Å². The van der Waals surface area contributed by atoms with Crippen molar-refractivity contribution in [3.05, 3.63) is 30.4 Å². The number of hydrogen-bond donors (Lipinski definition) is 1. The van der Waals surface area contributed by atoms with Crippen LogP contribution in [0.2, 0.25) is 0 Å². The van der Waals surface area contributed by atoms with Crippen LogP contribution in [-0.2, 0) is 0 Å². The molecule has 0 radical (unpaired) electrons. The summed E-state index contributed by atoms with van der Waals surface area (Å²) in [5, 5.41) is 6.67. The topological polar surface area (TPSA) is 54.5 Å². The Kier molecular flexibility index (Phi) is 2.45. The molecule has 5 heteroatoms. The molecule has 1 N–H and O–H groups in total. The van der Waals surface area contributed by atoms with Crippen molar-refractivity contribution in [1.29, 1.82) is 0 Å². The first kappa shape index (κ1) is 9.15. The van der Waals surface area contributed by atoms with Crippen LogP contribution in [0.5, 0.6) is 0 Å². The molecule has 0 aromatic carbocycles. The molecule has 2 rings (SSSR count). The molecule has 0 bridgehead atoms. The molecule has 1 unspecified atom stereocenters. The Balaban J connectivity index is 2.34. The molecule has 72 valence electrons. The minimum Gasteiger partial charge on any atom is -0.264 e. The first-order chi connectivity index (χ1) is 6.77. The van der Waals surface area contributed by atoms with Crippen molar-refractivity contribution in [3.63, 3.8) is 0 Å². The number of rotatable bonds is 2. The van der Waals surface area contributed by atoms with Gasteiger partial charge >= 0.3 is 0 Å². The maximum absolute atomic E-state index is 5.85. The molecule has 1 atom stereocenters. The largest absolute Gasteiger partial charge is 0.264 e. The van der Waals surface area contributed by atoms with Gasteiger partial charge in [-0.05, 0) is 19.1 Å². The van der Waals surface area contributed by atoms with E-state index in [1.165, 1.54) is 0 Å². The highest BCUT2D eigenvalue weighted by Crippen LogP contribution is 2.18. The molecule has 14 heavy (non-hydrogen) atoms. The Morgan fingerprint density at radius 2 is 2.36 bits per heavy atom. The summed E-state index contributed by atoms with van der Waals surface area (Å²) in [7, 11) is 0. The summed E-state index contributed by atoms with van der Waals surface area (Å²) in [6.07, 6.45) is 3.42. The lowest BCUT2D eigenvalue weighted by Crippen LogP contribution is -1.86. The van der Waals surface area contributed by atoms with Crippen molar-refractivity contribution in [2.45, 2.75) is 12.3 Å². The molecule has 0 aliphatic rings. The minimum absolute atomic E-state index is 0.159. The van der Waals surface area contributed by atoms with Gasteiger partial charge in [-0.25, -0.2) is 4.98 Å². The standard InChI is InChI=1S/C9H9ClN4/c1-6(10)8-12-9(14-13-8)7-3-2-4-11-5-7/h2-6H,1H3,(H,12,13,14). The van der Waals surface area contributed by atoms with E-state index in [0.717, 1.165) is 5.56 Å². The number of nitrogens with zero attached hydrogens (tertiary/aromatic N) is 3. The SMILES string of the molecule is CC(Cl)c1nc(-c2cccnc2)n[nH]1. The summed E-state index contributed by atoms with van der Waals surface area (Å²) in [6, 6.07) is 3.74. The molecule has 2 aromatic rings. The Labute approximate surface area is 86.4 Å². The summed E-state index contributed by atoms with van der Waals surface area (Å²) in [5.41, 5.74) is 0.882. The number of hydrogen-bond acceptors (Lipinski definition) is 3. The van der Waals surface area contributed by atoms with E-state index in [-0.39, 0.29) is 5.38 Å². The van der Waals surface area contributed by atoms with E-state index in [1.807, 2.05) is 19.1 Å². The maximum Gasteiger partial charge on any atom is 0.182 e. The second kappa shape index (κ2) is 3.75. The van der Waals surface area contributed by atoms with Gasteiger partial charge in [0.2, 0.25) is 0 Å². The second-order valence-electron chi connectivity index (χ2n) is 2.90. The number of pyridine rings is 1. The highest BCUT2D eigenvalue weighted by molar-refractivity contribution is 6.20. The average molecular weight is 209 g/mol. The number of aromatic amines is 1. The smallest absolute Gasteiger partial charge is 0.182 e. The fourth-order valence-corrected chi connectivity index (χ4v) is 1.17. The summed E-state index contributed by atoms with van der Waals surface area (Å²) in [6.45, 7) is 1.84. The van der Waals surface area contributed by atoms with Crippen molar-refractivity contribution < 1.29 is 0 Å². The zero-order valence-electron chi connectivity index (χ0n) is 7.61. The number of H-pyrrole nitrogens is 1. The molecule has 2 aromatic heterocycles. The van der Waals surface area contributed by atoms with E-state index >= 15 is 0 Å². The van der Waals surface area contributed by atoms with Gasteiger partial charge in [0.1, 0.15) is 5.82 Å². The highest BCUT2D eigenvalue weighted by atomic mass is 35.5. The predicted octanol–water partition coefficient (Wildman–Crippen LogP) is 2.17. The first-order valence-electron chi connectivity index (χ1n) is 4.24. The van der Waals surface area contributed by atoms with Crippen LogP contribution in [0.25, 0.3) is 11.4 Å². The molecule has 0 fully saturated rings. The van der Waals surface area contributed by atoms with Crippen LogP contribution in [-0.4, -0.2) is 20.2 Å². The Hall–Kier alpha value is -1.42. The van der Waals surface area contributed by atoms with Crippen LogP contribution in [0, 0.1) is 0 Å². The molecular weight excluding hydrogens is 200 g/mol. The fourth-order valence-electron chi connectivity index (χ4n) is 1.08. The fraction of sp³-hybridized carbons (Fsp3) is 0.222. The number of aromatic nitrogens is 4. The Morgan fingerprint density at radius 3 is 2.93 bits per heavy atom. The summed E-state index contributed by atoms with van der Waals surface area (Å²) in [4.78, 5) is 8.23. The van der Waals surface area contributed by atoms with Crippen molar-refractivity contribution in [2.24, 2.45) is 0 Å².